The van der Waals surface area contributed by atoms with Crippen molar-refractivity contribution >= 4 is 21.6 Å². The first-order chi connectivity index (χ1) is 11.3. The van der Waals surface area contributed by atoms with Crippen LogP contribution in [0.3, 0.4) is 0 Å². The van der Waals surface area contributed by atoms with Gasteiger partial charge in [0.15, 0.2) is 0 Å². The Bertz CT molecular complexity index is 824. The third kappa shape index (κ3) is 2.87. The van der Waals surface area contributed by atoms with Gasteiger partial charge in [-0.15, -0.1) is 11.3 Å². The molecule has 4 nitrogen and oxygen atoms in total. The fourth-order valence-electron chi connectivity index (χ4n) is 3.17. The largest absolute Gasteiger partial charge is 0.375 e. The normalized spacial score (nSPS) is 18.4. The Morgan fingerprint density at radius 3 is 3.04 bits per heavy atom. The Labute approximate surface area is 139 Å². The van der Waals surface area contributed by atoms with E-state index in [9.17, 15) is 0 Å². The van der Waals surface area contributed by atoms with E-state index >= 15 is 0 Å². The molecule has 118 valence electrons. The van der Waals surface area contributed by atoms with Crippen molar-refractivity contribution in [3.8, 4) is 11.1 Å². The lowest BCUT2D eigenvalue weighted by molar-refractivity contribution is 0.0287. The summed E-state index contributed by atoms with van der Waals surface area (Å²) < 4.78 is 7.10. The van der Waals surface area contributed by atoms with E-state index in [4.69, 9.17) is 4.74 Å². The number of nitrogens with one attached hydrogen (secondary N) is 1. The number of fused-ring (bicyclic) bond motifs is 1. The summed E-state index contributed by atoms with van der Waals surface area (Å²) in [6, 6.07) is 6.26. The lowest BCUT2D eigenvalue weighted by Gasteiger charge is -2.24. The number of ether oxygens (including phenoxy) is 1. The number of hydrogen-bond acceptors (Lipinski definition) is 5. The summed E-state index contributed by atoms with van der Waals surface area (Å²) in [7, 11) is 0. The molecule has 0 aromatic carbocycles. The molecule has 0 aliphatic carbocycles. The van der Waals surface area contributed by atoms with Crippen molar-refractivity contribution < 1.29 is 4.74 Å². The summed E-state index contributed by atoms with van der Waals surface area (Å²) in [6.07, 6.45) is 4.81. The molecule has 0 amide bonds. The van der Waals surface area contributed by atoms with Crippen LogP contribution in [-0.4, -0.2) is 35.8 Å². The van der Waals surface area contributed by atoms with Gasteiger partial charge in [0.25, 0.3) is 0 Å². The maximum absolute atomic E-state index is 5.87. The molecule has 4 heterocycles. The number of aryl methyl sites for hydroxylation is 1. The molecule has 0 bridgehead atoms. The molecule has 1 unspecified atom stereocenters. The topological polar surface area (TPSA) is 47.0 Å². The highest BCUT2D eigenvalue weighted by molar-refractivity contribution is 7.17. The zero-order chi connectivity index (χ0) is 15.6. The van der Waals surface area contributed by atoms with Gasteiger partial charge >= 0.3 is 0 Å². The quantitative estimate of drug-likeness (QED) is 0.803. The highest BCUT2D eigenvalue weighted by Crippen LogP contribution is 2.35. The molecule has 0 radical (unpaired) electrons. The first-order valence-corrected chi connectivity index (χ1v) is 8.80. The third-order valence-corrected chi connectivity index (χ3v) is 5.21. The van der Waals surface area contributed by atoms with Crippen LogP contribution < -0.4 is 5.32 Å². The summed E-state index contributed by atoms with van der Waals surface area (Å²) in [4.78, 5) is 9.14. The van der Waals surface area contributed by atoms with Gasteiger partial charge in [-0.05, 0) is 36.1 Å². The third-order valence-electron chi connectivity index (χ3n) is 4.28. The van der Waals surface area contributed by atoms with E-state index in [2.05, 4.69) is 45.8 Å². The van der Waals surface area contributed by atoms with Crippen molar-refractivity contribution in [3.05, 3.63) is 47.2 Å². The van der Waals surface area contributed by atoms with E-state index in [-0.39, 0.29) is 6.10 Å². The van der Waals surface area contributed by atoms with Crippen molar-refractivity contribution in [2.75, 3.05) is 19.7 Å². The average Bonchev–Trinajstić information content (AvgIpc) is 3.05. The molecule has 1 aliphatic heterocycles. The summed E-state index contributed by atoms with van der Waals surface area (Å²) in [5.74, 6) is 0. The highest BCUT2D eigenvalue weighted by atomic mass is 32.1. The van der Waals surface area contributed by atoms with Crippen LogP contribution in [-0.2, 0) is 11.2 Å². The van der Waals surface area contributed by atoms with Gasteiger partial charge in [0.1, 0.15) is 0 Å². The summed E-state index contributed by atoms with van der Waals surface area (Å²) >= 11 is 1.74. The molecule has 1 fully saturated rings. The molecule has 3 aromatic rings. The number of thiophene rings is 1. The number of morpholine rings is 1. The van der Waals surface area contributed by atoms with Gasteiger partial charge in [-0.3, -0.25) is 9.97 Å². The predicted octanol–water partition coefficient (Wildman–Crippen LogP) is 3.20. The molecule has 0 spiro atoms. The lowest BCUT2D eigenvalue weighted by atomic mass is 9.96. The minimum Gasteiger partial charge on any atom is -0.375 e. The van der Waals surface area contributed by atoms with E-state index in [1.54, 1.807) is 11.3 Å². The Balaban J connectivity index is 1.79. The number of nitrogens with zero attached hydrogens (tertiary/aromatic N) is 2. The second-order valence-corrected chi connectivity index (χ2v) is 6.76. The van der Waals surface area contributed by atoms with Gasteiger partial charge in [0, 0.05) is 43.0 Å². The zero-order valence-electron chi connectivity index (χ0n) is 13.1. The maximum Gasteiger partial charge on any atom is 0.0815 e. The smallest absolute Gasteiger partial charge is 0.0815 e. The molecule has 1 aliphatic rings. The van der Waals surface area contributed by atoms with Crippen molar-refractivity contribution in [2.45, 2.75) is 19.4 Å². The summed E-state index contributed by atoms with van der Waals surface area (Å²) in [6.45, 7) is 4.75. The molecular formula is C18H19N3OS. The van der Waals surface area contributed by atoms with Crippen LogP contribution in [0.2, 0.25) is 0 Å². The molecule has 1 atom stereocenters. The predicted molar refractivity (Wildman–Crippen MR) is 93.9 cm³/mol. The van der Waals surface area contributed by atoms with E-state index < -0.39 is 0 Å². The van der Waals surface area contributed by atoms with Gasteiger partial charge in [-0.1, -0.05) is 0 Å². The van der Waals surface area contributed by atoms with Crippen LogP contribution in [0.15, 0.2) is 36.0 Å². The summed E-state index contributed by atoms with van der Waals surface area (Å²) in [5.41, 5.74) is 5.88. The fourth-order valence-corrected chi connectivity index (χ4v) is 4.05. The van der Waals surface area contributed by atoms with Crippen molar-refractivity contribution in [3.63, 3.8) is 0 Å². The molecule has 1 N–H and O–H groups in total. The maximum atomic E-state index is 5.87. The Kier molecular flexibility index (Phi) is 4.08. The van der Waals surface area contributed by atoms with Crippen LogP contribution in [0.25, 0.3) is 21.3 Å². The Morgan fingerprint density at radius 1 is 1.26 bits per heavy atom. The van der Waals surface area contributed by atoms with Crippen molar-refractivity contribution in [2.24, 2.45) is 0 Å². The van der Waals surface area contributed by atoms with Gasteiger partial charge in [-0.2, -0.15) is 0 Å². The second kappa shape index (κ2) is 6.35. The van der Waals surface area contributed by atoms with Gasteiger partial charge < -0.3 is 10.1 Å². The molecular weight excluding hydrogens is 306 g/mol. The standard InChI is InChI=1S/C18H19N3OS/c1-12-2-5-21-16(10-13-11-19-7-8-22-13)17(12)14-3-6-20-15-4-9-23-18(14)15/h2-6,9,13,19H,7-8,10-11H2,1H3. The zero-order valence-corrected chi connectivity index (χ0v) is 13.9. The SMILES string of the molecule is Cc1ccnc(CC2CNCCO2)c1-c1ccnc2ccsc12. The van der Waals surface area contributed by atoms with Crippen molar-refractivity contribution in [1.82, 2.24) is 15.3 Å². The van der Waals surface area contributed by atoms with Crippen molar-refractivity contribution in [1.29, 1.82) is 0 Å². The molecule has 1 saturated heterocycles. The van der Waals surface area contributed by atoms with E-state index in [0.717, 1.165) is 37.3 Å². The second-order valence-electron chi connectivity index (χ2n) is 5.84. The Morgan fingerprint density at radius 2 is 2.17 bits per heavy atom. The number of rotatable bonds is 3. The molecule has 5 heteroatoms. The van der Waals surface area contributed by atoms with Gasteiger partial charge in [0.2, 0.25) is 0 Å². The van der Waals surface area contributed by atoms with E-state index in [0.29, 0.717) is 0 Å². The van der Waals surface area contributed by atoms with Crippen LogP contribution >= 0.6 is 11.3 Å². The molecule has 4 rings (SSSR count). The van der Waals surface area contributed by atoms with Gasteiger partial charge in [0.05, 0.1) is 28.6 Å². The molecule has 0 saturated carbocycles. The highest BCUT2D eigenvalue weighted by Gasteiger charge is 2.19. The van der Waals surface area contributed by atoms with Gasteiger partial charge in [-0.25, -0.2) is 0 Å². The minimum atomic E-state index is 0.192. The first-order valence-electron chi connectivity index (χ1n) is 7.92. The first kappa shape index (κ1) is 14.8. The van der Waals surface area contributed by atoms with E-state index in [1.165, 1.54) is 21.4 Å². The monoisotopic (exact) mass is 325 g/mol. The fraction of sp³-hybridized carbons (Fsp3) is 0.333. The van der Waals surface area contributed by atoms with E-state index in [1.807, 2.05) is 12.4 Å². The number of pyridine rings is 2. The van der Waals surface area contributed by atoms with Crippen LogP contribution in [0.4, 0.5) is 0 Å². The molecule has 3 aromatic heterocycles. The Hall–Kier alpha value is -1.82. The number of hydrogen-bond donors (Lipinski definition) is 1. The van der Waals surface area contributed by atoms with Crippen LogP contribution in [0.1, 0.15) is 11.3 Å². The van der Waals surface area contributed by atoms with Crippen LogP contribution in [0, 0.1) is 6.92 Å². The minimum absolute atomic E-state index is 0.192. The number of aromatic nitrogens is 2. The lowest BCUT2D eigenvalue weighted by Crippen LogP contribution is -2.39. The summed E-state index contributed by atoms with van der Waals surface area (Å²) in [5, 5.41) is 5.49. The molecule has 23 heavy (non-hydrogen) atoms. The van der Waals surface area contributed by atoms with Crippen LogP contribution in [0.5, 0.6) is 0 Å². The average molecular weight is 325 g/mol.